The van der Waals surface area contributed by atoms with E-state index in [1.165, 1.54) is 24.3 Å². The summed E-state index contributed by atoms with van der Waals surface area (Å²) >= 11 is 0. The summed E-state index contributed by atoms with van der Waals surface area (Å²) in [5.74, 6) is -1.02. The molecule has 2 rings (SSSR count). The molecule has 0 bridgehead atoms. The highest BCUT2D eigenvalue weighted by Crippen LogP contribution is 2.19. The molecule has 1 aliphatic heterocycles. The van der Waals surface area contributed by atoms with Crippen molar-refractivity contribution in [2.24, 2.45) is 0 Å². The highest BCUT2D eigenvalue weighted by atomic mass is 32.2. The van der Waals surface area contributed by atoms with Gasteiger partial charge in [-0.3, -0.25) is 14.5 Å². The number of benzene rings is 1. The van der Waals surface area contributed by atoms with E-state index in [9.17, 15) is 18.0 Å². The number of hydrogen-bond donors (Lipinski definition) is 2. The maximum atomic E-state index is 11.9. The number of carbonyl (C=O) groups excluding carboxylic acids is 2. The predicted molar refractivity (Wildman–Crippen MR) is 75.1 cm³/mol. The number of nitrogens with zero attached hydrogens (tertiary/aromatic N) is 1. The van der Waals surface area contributed by atoms with Crippen LogP contribution in [0.1, 0.15) is 0 Å². The zero-order valence-corrected chi connectivity index (χ0v) is 12.1. The van der Waals surface area contributed by atoms with E-state index in [2.05, 4.69) is 5.32 Å². The van der Waals surface area contributed by atoms with Crippen molar-refractivity contribution in [1.82, 2.24) is 4.90 Å². The lowest BCUT2D eigenvalue weighted by Gasteiger charge is -2.13. The van der Waals surface area contributed by atoms with Gasteiger partial charge in [0.2, 0.25) is 0 Å². The van der Waals surface area contributed by atoms with Crippen molar-refractivity contribution < 1.29 is 23.1 Å². The largest absolute Gasteiger partial charge is 0.395 e. The van der Waals surface area contributed by atoms with Gasteiger partial charge in [-0.1, -0.05) is 0 Å². The fourth-order valence-electron chi connectivity index (χ4n) is 1.85. The molecule has 1 heterocycles. The first kappa shape index (κ1) is 15.2. The maximum Gasteiger partial charge on any atom is 0.277 e. The third-order valence-electron chi connectivity index (χ3n) is 2.89. The predicted octanol–water partition coefficient (Wildman–Crippen LogP) is -0.253. The Balaban J connectivity index is 2.14. The number of carbonyl (C=O) groups is 2. The zero-order chi connectivity index (χ0) is 15.6. The van der Waals surface area contributed by atoms with Crippen LogP contribution in [0, 0.1) is 0 Å². The topological polar surface area (TPSA) is 104 Å². The number of β-amino-alcohol motifs (C(OH)–C–C–N with tert-alkyl or cyclic N) is 1. The molecule has 0 radical (unpaired) electrons. The molecular formula is C13H14N2O5S. The Morgan fingerprint density at radius 3 is 2.33 bits per heavy atom. The fraction of sp³-hybridized carbons (Fsp3) is 0.231. The Morgan fingerprint density at radius 1 is 1.19 bits per heavy atom. The first-order valence-corrected chi connectivity index (χ1v) is 7.97. The molecular weight excluding hydrogens is 296 g/mol. The van der Waals surface area contributed by atoms with E-state index >= 15 is 0 Å². The molecule has 0 aliphatic carbocycles. The molecule has 0 unspecified atom stereocenters. The Kier molecular flexibility index (Phi) is 4.10. The summed E-state index contributed by atoms with van der Waals surface area (Å²) < 4.78 is 22.7. The average molecular weight is 310 g/mol. The Hall–Kier alpha value is -2.19. The SMILES string of the molecule is CS(=O)(=O)c1ccc(NC2=CC(=O)N(CCO)C2=O)cc1. The van der Waals surface area contributed by atoms with E-state index in [4.69, 9.17) is 5.11 Å². The second kappa shape index (κ2) is 5.66. The number of rotatable bonds is 5. The van der Waals surface area contributed by atoms with E-state index in [1.807, 2.05) is 0 Å². The van der Waals surface area contributed by atoms with Gasteiger partial charge in [0, 0.05) is 18.0 Å². The molecule has 0 aromatic heterocycles. The Morgan fingerprint density at radius 2 is 1.81 bits per heavy atom. The molecule has 0 saturated heterocycles. The van der Waals surface area contributed by atoms with E-state index in [0.717, 1.165) is 17.2 Å². The summed E-state index contributed by atoms with van der Waals surface area (Å²) in [4.78, 5) is 24.6. The van der Waals surface area contributed by atoms with Gasteiger partial charge in [-0.25, -0.2) is 8.42 Å². The number of imide groups is 1. The lowest BCUT2D eigenvalue weighted by molar-refractivity contribution is -0.137. The van der Waals surface area contributed by atoms with Gasteiger partial charge >= 0.3 is 0 Å². The van der Waals surface area contributed by atoms with Crippen molar-refractivity contribution in [3.63, 3.8) is 0 Å². The van der Waals surface area contributed by atoms with Crippen molar-refractivity contribution in [3.05, 3.63) is 36.0 Å². The van der Waals surface area contributed by atoms with Crippen LogP contribution in [0.3, 0.4) is 0 Å². The summed E-state index contributed by atoms with van der Waals surface area (Å²) in [5, 5.41) is 11.6. The van der Waals surface area contributed by atoms with Gasteiger partial charge in [-0.15, -0.1) is 0 Å². The van der Waals surface area contributed by atoms with Crippen LogP contribution in [0.4, 0.5) is 5.69 Å². The third-order valence-corrected chi connectivity index (χ3v) is 4.02. The summed E-state index contributed by atoms with van der Waals surface area (Å²) in [6.45, 7) is -0.367. The van der Waals surface area contributed by atoms with Crippen LogP contribution < -0.4 is 5.32 Å². The van der Waals surface area contributed by atoms with Crippen LogP contribution >= 0.6 is 0 Å². The molecule has 1 aliphatic rings. The number of aliphatic hydroxyl groups excluding tert-OH is 1. The molecule has 8 heteroatoms. The van der Waals surface area contributed by atoms with Crippen LogP contribution in [0.2, 0.25) is 0 Å². The second-order valence-electron chi connectivity index (χ2n) is 4.50. The summed E-state index contributed by atoms with van der Waals surface area (Å²) in [6.07, 6.45) is 2.24. The van der Waals surface area contributed by atoms with Crippen molar-refractivity contribution in [3.8, 4) is 0 Å². The number of sulfone groups is 1. The summed E-state index contributed by atoms with van der Waals surface area (Å²) in [7, 11) is -3.28. The van der Waals surface area contributed by atoms with Gasteiger partial charge in [0.25, 0.3) is 11.8 Å². The zero-order valence-electron chi connectivity index (χ0n) is 11.2. The number of aliphatic hydroxyl groups is 1. The fourth-order valence-corrected chi connectivity index (χ4v) is 2.48. The van der Waals surface area contributed by atoms with E-state index in [1.54, 1.807) is 0 Å². The standard InChI is InChI=1S/C13H14N2O5S/c1-21(19,20)10-4-2-9(3-5-10)14-11-8-12(17)15(6-7-16)13(11)18/h2-5,8,14,16H,6-7H2,1H3. The number of amides is 2. The first-order chi connectivity index (χ1) is 9.82. The van der Waals surface area contributed by atoms with Gasteiger partial charge < -0.3 is 10.4 Å². The number of anilines is 1. The van der Waals surface area contributed by atoms with Crippen LogP contribution in [-0.2, 0) is 19.4 Å². The van der Waals surface area contributed by atoms with Crippen LogP contribution in [0.25, 0.3) is 0 Å². The molecule has 0 fully saturated rings. The molecule has 2 amide bonds. The Labute approximate surface area is 121 Å². The minimum Gasteiger partial charge on any atom is -0.395 e. The van der Waals surface area contributed by atoms with Crippen molar-refractivity contribution in [2.45, 2.75) is 4.90 Å². The van der Waals surface area contributed by atoms with Gasteiger partial charge in [-0.05, 0) is 24.3 Å². The lowest BCUT2D eigenvalue weighted by atomic mass is 10.3. The number of nitrogens with one attached hydrogen (secondary N) is 1. The van der Waals surface area contributed by atoms with Crippen LogP contribution in [0.5, 0.6) is 0 Å². The molecule has 0 saturated carbocycles. The molecule has 0 atom stereocenters. The molecule has 1 aromatic rings. The normalized spacial score (nSPS) is 15.3. The second-order valence-corrected chi connectivity index (χ2v) is 6.51. The minimum atomic E-state index is -3.28. The van der Waals surface area contributed by atoms with E-state index in [0.29, 0.717) is 5.69 Å². The molecule has 7 nitrogen and oxygen atoms in total. The third kappa shape index (κ3) is 3.29. The maximum absolute atomic E-state index is 11.9. The highest BCUT2D eigenvalue weighted by molar-refractivity contribution is 7.90. The summed E-state index contributed by atoms with van der Waals surface area (Å²) in [5.41, 5.74) is 0.571. The molecule has 112 valence electrons. The number of hydrogen-bond acceptors (Lipinski definition) is 6. The van der Waals surface area contributed by atoms with Gasteiger partial charge in [-0.2, -0.15) is 0 Å². The summed E-state index contributed by atoms with van der Waals surface area (Å²) in [6, 6.07) is 5.82. The molecule has 0 spiro atoms. The first-order valence-electron chi connectivity index (χ1n) is 6.08. The van der Waals surface area contributed by atoms with Gasteiger partial charge in [0.05, 0.1) is 18.0 Å². The van der Waals surface area contributed by atoms with Crippen molar-refractivity contribution in [2.75, 3.05) is 24.7 Å². The highest BCUT2D eigenvalue weighted by Gasteiger charge is 2.30. The molecule has 2 N–H and O–H groups in total. The van der Waals surface area contributed by atoms with Crippen LogP contribution in [-0.4, -0.2) is 49.6 Å². The quantitative estimate of drug-likeness (QED) is 0.727. The lowest BCUT2D eigenvalue weighted by Crippen LogP contribution is -2.34. The van der Waals surface area contributed by atoms with E-state index < -0.39 is 21.7 Å². The van der Waals surface area contributed by atoms with Gasteiger partial charge in [0.15, 0.2) is 9.84 Å². The van der Waals surface area contributed by atoms with Crippen LogP contribution in [0.15, 0.2) is 40.9 Å². The average Bonchev–Trinajstić information content (AvgIpc) is 2.66. The molecule has 1 aromatic carbocycles. The smallest absolute Gasteiger partial charge is 0.277 e. The molecule has 21 heavy (non-hydrogen) atoms. The van der Waals surface area contributed by atoms with Crippen molar-refractivity contribution >= 4 is 27.3 Å². The van der Waals surface area contributed by atoms with Crippen molar-refractivity contribution in [1.29, 1.82) is 0 Å². The van der Waals surface area contributed by atoms with E-state index in [-0.39, 0.29) is 23.7 Å². The Bertz CT molecular complexity index is 707. The monoisotopic (exact) mass is 310 g/mol. The van der Waals surface area contributed by atoms with Gasteiger partial charge in [0.1, 0.15) is 5.70 Å². The minimum absolute atomic E-state index is 0.0631.